The molecule has 110 valence electrons. The van der Waals surface area contributed by atoms with Crippen LogP contribution in [0.3, 0.4) is 0 Å². The number of urea groups is 1. The van der Waals surface area contributed by atoms with Gasteiger partial charge in [-0.25, -0.2) is 4.79 Å². The van der Waals surface area contributed by atoms with Crippen LogP contribution in [0.1, 0.15) is 37.3 Å². The summed E-state index contributed by atoms with van der Waals surface area (Å²) in [4.78, 5) is 14.3. The van der Waals surface area contributed by atoms with Crippen molar-refractivity contribution in [3.05, 3.63) is 47.9 Å². The van der Waals surface area contributed by atoms with Crippen LogP contribution in [0, 0.1) is 0 Å². The maximum absolute atomic E-state index is 12.4. The predicted octanol–water partition coefficient (Wildman–Crippen LogP) is 3.61. The fourth-order valence-electron chi connectivity index (χ4n) is 2.67. The molecule has 2 amide bonds. The minimum Gasteiger partial charge on any atom is -0.359 e. The van der Waals surface area contributed by atoms with Crippen molar-refractivity contribution < 1.29 is 9.32 Å². The third-order valence-corrected chi connectivity index (χ3v) is 3.81. The molecule has 1 unspecified atom stereocenters. The highest BCUT2D eigenvalue weighted by Gasteiger charge is 2.32. The van der Waals surface area contributed by atoms with Crippen LogP contribution in [0.15, 0.2) is 40.9 Å². The van der Waals surface area contributed by atoms with Gasteiger partial charge in [-0.3, -0.25) is 0 Å². The number of rotatable bonds is 3. The quantitative estimate of drug-likeness (QED) is 0.937. The van der Waals surface area contributed by atoms with E-state index in [9.17, 15) is 4.79 Å². The molecule has 0 spiro atoms. The number of hydrogen-bond donors (Lipinski definition) is 1. The molecule has 0 radical (unpaired) electrons. The number of hydrogen-bond acceptors (Lipinski definition) is 3. The molecule has 1 aliphatic rings. The molecule has 0 bridgehead atoms. The lowest BCUT2D eigenvalue weighted by atomic mass is 10.1. The zero-order valence-electron chi connectivity index (χ0n) is 12.1. The zero-order chi connectivity index (χ0) is 14.7. The fourth-order valence-corrected chi connectivity index (χ4v) is 2.67. The summed E-state index contributed by atoms with van der Waals surface area (Å²) in [5.74, 6) is 0.785. The molecule has 1 aromatic heterocycles. The topological polar surface area (TPSA) is 58.4 Å². The number of aryl methyl sites for hydroxylation is 1. The normalized spacial score (nSPS) is 18.0. The van der Waals surface area contributed by atoms with Crippen molar-refractivity contribution in [1.82, 2.24) is 10.1 Å². The average Bonchev–Trinajstić information content (AvgIpc) is 3.16. The van der Waals surface area contributed by atoms with Crippen molar-refractivity contribution in [2.24, 2.45) is 0 Å². The summed E-state index contributed by atoms with van der Waals surface area (Å²) >= 11 is 0. The Kier molecular flexibility index (Phi) is 3.90. The van der Waals surface area contributed by atoms with Gasteiger partial charge in [-0.1, -0.05) is 30.3 Å². The van der Waals surface area contributed by atoms with E-state index in [0.29, 0.717) is 0 Å². The molecule has 1 saturated heterocycles. The summed E-state index contributed by atoms with van der Waals surface area (Å²) in [7, 11) is 0. The van der Waals surface area contributed by atoms with Crippen molar-refractivity contribution >= 4 is 11.7 Å². The number of benzene rings is 1. The lowest BCUT2D eigenvalue weighted by molar-refractivity contribution is 0.195. The maximum atomic E-state index is 12.4. The van der Waals surface area contributed by atoms with Gasteiger partial charge in [-0.05, 0) is 31.4 Å². The van der Waals surface area contributed by atoms with Gasteiger partial charge in [0.25, 0.3) is 0 Å². The molecular formula is C16H19N3O2. The van der Waals surface area contributed by atoms with Crippen LogP contribution in [0.25, 0.3) is 0 Å². The Morgan fingerprint density at radius 2 is 2.24 bits per heavy atom. The van der Waals surface area contributed by atoms with Crippen molar-refractivity contribution in [3.8, 4) is 0 Å². The molecule has 1 aliphatic heterocycles. The maximum Gasteiger partial charge on any atom is 0.322 e. The number of amides is 2. The molecule has 5 nitrogen and oxygen atoms in total. The molecule has 5 heteroatoms. The summed E-state index contributed by atoms with van der Waals surface area (Å²) in [5.41, 5.74) is 1.74. The van der Waals surface area contributed by atoms with Gasteiger partial charge >= 0.3 is 6.03 Å². The van der Waals surface area contributed by atoms with Crippen LogP contribution in [-0.4, -0.2) is 22.6 Å². The molecule has 1 N–H and O–H groups in total. The van der Waals surface area contributed by atoms with E-state index in [2.05, 4.69) is 10.5 Å². The number of likely N-dealkylation sites (tertiary alicyclic amines) is 1. The average molecular weight is 285 g/mol. The van der Waals surface area contributed by atoms with Gasteiger partial charge in [0.05, 0.1) is 11.7 Å². The van der Waals surface area contributed by atoms with Gasteiger partial charge in [0.1, 0.15) is 0 Å². The molecule has 1 atom stereocenters. The molecule has 2 aromatic rings. The standard InChI is InChI=1S/C16H19N3O2/c1-2-12-11-15(21-18-12)14-9-6-10-19(14)16(20)17-13-7-4-3-5-8-13/h3-5,7-8,11,14H,2,6,9-10H2,1H3,(H,17,20). The van der Waals surface area contributed by atoms with E-state index in [0.717, 1.165) is 42.9 Å². The highest BCUT2D eigenvalue weighted by atomic mass is 16.5. The number of nitrogens with one attached hydrogen (secondary N) is 1. The van der Waals surface area contributed by atoms with E-state index in [4.69, 9.17) is 4.52 Å². The largest absolute Gasteiger partial charge is 0.359 e. The highest BCUT2D eigenvalue weighted by Crippen LogP contribution is 2.32. The summed E-state index contributed by atoms with van der Waals surface area (Å²) in [6.07, 6.45) is 2.74. The van der Waals surface area contributed by atoms with Crippen molar-refractivity contribution in [2.45, 2.75) is 32.2 Å². The lowest BCUT2D eigenvalue weighted by Crippen LogP contribution is -2.34. The van der Waals surface area contributed by atoms with E-state index in [1.54, 1.807) is 0 Å². The fraction of sp³-hybridized carbons (Fsp3) is 0.375. The van der Waals surface area contributed by atoms with E-state index < -0.39 is 0 Å². The first-order chi connectivity index (χ1) is 10.3. The van der Waals surface area contributed by atoms with Crippen LogP contribution in [-0.2, 0) is 6.42 Å². The van der Waals surface area contributed by atoms with E-state index in [-0.39, 0.29) is 12.1 Å². The monoisotopic (exact) mass is 285 g/mol. The number of carbonyl (C=O) groups excluding carboxylic acids is 1. The third kappa shape index (κ3) is 2.91. The highest BCUT2D eigenvalue weighted by molar-refractivity contribution is 5.89. The molecule has 0 saturated carbocycles. The number of aromatic nitrogens is 1. The third-order valence-electron chi connectivity index (χ3n) is 3.81. The van der Waals surface area contributed by atoms with Gasteiger partial charge in [-0.15, -0.1) is 0 Å². The minimum atomic E-state index is -0.0850. The Balaban J connectivity index is 1.73. The Morgan fingerprint density at radius 1 is 1.43 bits per heavy atom. The Morgan fingerprint density at radius 3 is 2.95 bits per heavy atom. The van der Waals surface area contributed by atoms with Gasteiger partial charge in [0.2, 0.25) is 0 Å². The van der Waals surface area contributed by atoms with E-state index in [1.807, 2.05) is 48.2 Å². The molecule has 0 aliphatic carbocycles. The Labute approximate surface area is 123 Å². The van der Waals surface area contributed by atoms with Crippen molar-refractivity contribution in [3.63, 3.8) is 0 Å². The van der Waals surface area contributed by atoms with Crippen LogP contribution in [0.5, 0.6) is 0 Å². The second kappa shape index (κ2) is 5.99. The van der Waals surface area contributed by atoms with Gasteiger partial charge in [0, 0.05) is 18.3 Å². The van der Waals surface area contributed by atoms with Gasteiger partial charge in [-0.2, -0.15) is 0 Å². The second-order valence-electron chi connectivity index (χ2n) is 5.22. The first-order valence-electron chi connectivity index (χ1n) is 7.36. The Hall–Kier alpha value is -2.30. The predicted molar refractivity (Wildman–Crippen MR) is 80.0 cm³/mol. The summed E-state index contributed by atoms with van der Waals surface area (Å²) in [6.45, 7) is 2.78. The second-order valence-corrected chi connectivity index (χ2v) is 5.22. The van der Waals surface area contributed by atoms with Crippen LogP contribution in [0.4, 0.5) is 10.5 Å². The van der Waals surface area contributed by atoms with Crippen LogP contribution >= 0.6 is 0 Å². The van der Waals surface area contributed by atoms with Crippen LogP contribution < -0.4 is 5.32 Å². The number of carbonyl (C=O) groups is 1. The SMILES string of the molecule is CCc1cc(C2CCCN2C(=O)Nc2ccccc2)on1. The number of anilines is 1. The van der Waals surface area contributed by atoms with Crippen LogP contribution in [0.2, 0.25) is 0 Å². The van der Waals surface area contributed by atoms with Gasteiger partial charge in [0.15, 0.2) is 5.76 Å². The number of para-hydroxylation sites is 1. The Bertz CT molecular complexity index is 609. The molecule has 1 fully saturated rings. The first-order valence-corrected chi connectivity index (χ1v) is 7.36. The van der Waals surface area contributed by atoms with Crippen molar-refractivity contribution in [2.75, 3.05) is 11.9 Å². The number of nitrogens with zero attached hydrogens (tertiary/aromatic N) is 2. The molecular weight excluding hydrogens is 266 g/mol. The van der Waals surface area contributed by atoms with E-state index in [1.165, 1.54) is 0 Å². The zero-order valence-corrected chi connectivity index (χ0v) is 12.1. The van der Waals surface area contributed by atoms with Crippen molar-refractivity contribution in [1.29, 1.82) is 0 Å². The molecule has 3 rings (SSSR count). The summed E-state index contributed by atoms with van der Waals surface area (Å²) < 4.78 is 5.40. The van der Waals surface area contributed by atoms with E-state index >= 15 is 0 Å². The minimum absolute atomic E-state index is 0.0125. The smallest absolute Gasteiger partial charge is 0.322 e. The molecule has 21 heavy (non-hydrogen) atoms. The molecule has 1 aromatic carbocycles. The first kappa shape index (κ1) is 13.7. The molecule has 2 heterocycles. The van der Waals surface area contributed by atoms with Gasteiger partial charge < -0.3 is 14.7 Å². The summed E-state index contributed by atoms with van der Waals surface area (Å²) in [5, 5.41) is 6.95. The lowest BCUT2D eigenvalue weighted by Gasteiger charge is -2.23. The summed E-state index contributed by atoms with van der Waals surface area (Å²) in [6, 6.07) is 11.4.